The lowest BCUT2D eigenvalue weighted by Gasteiger charge is -2.10. The zero-order valence-electron chi connectivity index (χ0n) is 13.0. The van der Waals surface area contributed by atoms with E-state index in [-0.39, 0.29) is 20.8 Å². The molecule has 5 nitrogen and oxygen atoms in total. The Hall–Kier alpha value is -2.43. The van der Waals surface area contributed by atoms with Crippen molar-refractivity contribution in [1.29, 1.82) is 0 Å². The van der Waals surface area contributed by atoms with Crippen molar-refractivity contribution < 1.29 is 9.53 Å². The summed E-state index contributed by atoms with van der Waals surface area (Å²) in [7, 11) is 0. The number of rotatable bonds is 7. The van der Waals surface area contributed by atoms with Gasteiger partial charge in [-0.1, -0.05) is 41.2 Å². The predicted molar refractivity (Wildman–Crippen MR) is 98.1 cm³/mol. The van der Waals surface area contributed by atoms with Gasteiger partial charge in [-0.2, -0.15) is 0 Å². The van der Waals surface area contributed by atoms with E-state index in [9.17, 15) is 4.79 Å². The van der Waals surface area contributed by atoms with Gasteiger partial charge >= 0.3 is 0 Å². The first-order valence-electron chi connectivity index (χ1n) is 7.45. The van der Waals surface area contributed by atoms with Gasteiger partial charge in [-0.25, -0.2) is 4.98 Å². The Morgan fingerprint density at radius 2 is 2.04 bits per heavy atom. The zero-order chi connectivity index (χ0) is 15.8. The van der Waals surface area contributed by atoms with Crippen molar-refractivity contribution in [3.8, 4) is 5.88 Å². The Balaban J connectivity index is 0.00000264. The first kappa shape index (κ1) is 21.6. The second-order valence-corrected chi connectivity index (χ2v) is 5.25. The van der Waals surface area contributed by atoms with Crippen molar-refractivity contribution in [2.75, 3.05) is 6.61 Å². The van der Waals surface area contributed by atoms with Gasteiger partial charge in [-0.15, -0.1) is 0 Å². The quantitative estimate of drug-likeness (QED) is 0.829. The molecule has 2 aromatic heterocycles. The van der Waals surface area contributed by atoms with Crippen LogP contribution in [0.1, 0.15) is 51.0 Å². The first-order valence-corrected chi connectivity index (χ1v) is 7.45. The van der Waals surface area contributed by atoms with Crippen LogP contribution in [-0.4, -0.2) is 22.5 Å². The maximum atomic E-state index is 12.0. The van der Waals surface area contributed by atoms with Gasteiger partial charge in [0, 0.05) is 31.2 Å². The van der Waals surface area contributed by atoms with Crippen LogP contribution in [0.2, 0.25) is 0 Å². The maximum absolute atomic E-state index is 12.0. The summed E-state index contributed by atoms with van der Waals surface area (Å²) in [4.78, 5) is 20.2. The number of carbonyl (C=O) groups is 1. The van der Waals surface area contributed by atoms with Gasteiger partial charge in [0.05, 0.1) is 12.2 Å². The molecule has 0 fully saturated rings. The van der Waals surface area contributed by atoms with Crippen LogP contribution in [-0.2, 0) is 6.54 Å². The molecule has 2 rings (SSSR count). The first-order chi connectivity index (χ1) is 10.7. The Morgan fingerprint density at radius 1 is 1.25 bits per heavy atom. The van der Waals surface area contributed by atoms with Crippen LogP contribution in [0.4, 0.5) is 0 Å². The number of hydrogen-bond acceptors (Lipinski definition) is 4. The molecule has 5 heteroatoms. The third kappa shape index (κ3) is 6.77. The number of aromatic nitrogens is 2. The largest absolute Gasteiger partial charge is 0.477 e. The smallest absolute Gasteiger partial charge is 0.253 e. The van der Waals surface area contributed by atoms with Crippen molar-refractivity contribution in [1.82, 2.24) is 15.3 Å². The van der Waals surface area contributed by atoms with Crippen molar-refractivity contribution in [3.63, 3.8) is 0 Å². The van der Waals surface area contributed by atoms with E-state index in [0.717, 1.165) is 12.0 Å². The molecule has 1 atom stereocenters. The van der Waals surface area contributed by atoms with E-state index < -0.39 is 0 Å². The predicted octanol–water partition coefficient (Wildman–Crippen LogP) is 4.10. The normalized spacial score (nSPS) is 10.8. The lowest BCUT2D eigenvalue weighted by atomic mass is 10.1. The highest BCUT2D eigenvalue weighted by molar-refractivity contribution is 5.93. The average molecular weight is 331 g/mol. The van der Waals surface area contributed by atoms with E-state index in [1.807, 2.05) is 12.1 Å². The molecule has 132 valence electrons. The van der Waals surface area contributed by atoms with Gasteiger partial charge in [0.2, 0.25) is 5.88 Å². The Labute approximate surface area is 145 Å². The van der Waals surface area contributed by atoms with Gasteiger partial charge < -0.3 is 10.1 Å². The fourth-order valence-corrected chi connectivity index (χ4v) is 1.73. The van der Waals surface area contributed by atoms with Crippen molar-refractivity contribution in [2.24, 2.45) is 5.92 Å². The van der Waals surface area contributed by atoms with Crippen LogP contribution in [0.3, 0.4) is 0 Å². The van der Waals surface area contributed by atoms with Gasteiger partial charge in [0.1, 0.15) is 0 Å². The van der Waals surface area contributed by atoms with Crippen molar-refractivity contribution in [2.45, 2.75) is 41.7 Å². The van der Waals surface area contributed by atoms with Crippen LogP contribution in [0.25, 0.3) is 0 Å². The summed E-state index contributed by atoms with van der Waals surface area (Å²) in [6, 6.07) is 7.20. The van der Waals surface area contributed by atoms with Gasteiger partial charge in [0.25, 0.3) is 5.91 Å². The second-order valence-electron chi connectivity index (χ2n) is 5.25. The van der Waals surface area contributed by atoms with Crippen LogP contribution >= 0.6 is 0 Å². The molecule has 0 aliphatic heterocycles. The molecule has 1 N–H and O–H groups in total. The second kappa shape index (κ2) is 11.2. The standard InChI is InChI=1S/C17H21N3O2.2CH4/c1-3-13(2)12-22-16-7-6-15(11-19-16)17(21)20-10-14-5-4-8-18-9-14;;/h4-9,11,13H,3,10,12H2,1-2H3,(H,20,21);2*1H4. The van der Waals surface area contributed by atoms with Crippen LogP contribution in [0, 0.1) is 5.92 Å². The number of nitrogens with zero attached hydrogens (tertiary/aromatic N) is 2. The molecule has 2 aromatic rings. The van der Waals surface area contributed by atoms with E-state index in [1.165, 1.54) is 6.20 Å². The zero-order valence-corrected chi connectivity index (χ0v) is 13.0. The summed E-state index contributed by atoms with van der Waals surface area (Å²) >= 11 is 0. The summed E-state index contributed by atoms with van der Waals surface area (Å²) in [5.74, 6) is 0.873. The molecule has 0 spiro atoms. The molecule has 1 unspecified atom stereocenters. The van der Waals surface area contributed by atoms with Crippen LogP contribution in [0.5, 0.6) is 5.88 Å². The minimum absolute atomic E-state index is 0. The number of amides is 1. The molecular weight excluding hydrogens is 302 g/mol. The van der Waals surface area contributed by atoms with E-state index in [0.29, 0.717) is 30.5 Å². The number of pyridine rings is 2. The summed E-state index contributed by atoms with van der Waals surface area (Å²) < 4.78 is 5.57. The molecule has 0 saturated carbocycles. The highest BCUT2D eigenvalue weighted by Gasteiger charge is 2.07. The molecular formula is C19H29N3O2. The Morgan fingerprint density at radius 3 is 2.62 bits per heavy atom. The highest BCUT2D eigenvalue weighted by atomic mass is 16.5. The molecule has 1 amide bonds. The summed E-state index contributed by atoms with van der Waals surface area (Å²) in [6.45, 7) is 5.33. The van der Waals surface area contributed by atoms with E-state index in [4.69, 9.17) is 4.74 Å². The third-order valence-electron chi connectivity index (χ3n) is 3.39. The highest BCUT2D eigenvalue weighted by Crippen LogP contribution is 2.10. The maximum Gasteiger partial charge on any atom is 0.253 e. The number of nitrogens with one attached hydrogen (secondary N) is 1. The lowest BCUT2D eigenvalue weighted by molar-refractivity contribution is 0.0950. The molecule has 24 heavy (non-hydrogen) atoms. The van der Waals surface area contributed by atoms with E-state index in [1.54, 1.807) is 24.5 Å². The molecule has 0 saturated heterocycles. The minimum Gasteiger partial charge on any atom is -0.477 e. The van der Waals surface area contributed by atoms with E-state index >= 15 is 0 Å². The molecule has 0 aliphatic carbocycles. The number of carbonyl (C=O) groups excluding carboxylic acids is 1. The molecule has 0 aliphatic rings. The summed E-state index contributed by atoms with van der Waals surface area (Å²) in [5.41, 5.74) is 1.47. The Kier molecular flexibility index (Phi) is 10.0. The van der Waals surface area contributed by atoms with Gasteiger partial charge in [0.15, 0.2) is 0 Å². The molecule has 0 radical (unpaired) electrons. The lowest BCUT2D eigenvalue weighted by Crippen LogP contribution is -2.23. The van der Waals surface area contributed by atoms with Gasteiger partial charge in [-0.05, 0) is 23.6 Å². The fourth-order valence-electron chi connectivity index (χ4n) is 1.73. The molecule has 0 aromatic carbocycles. The SMILES string of the molecule is C.C.CCC(C)COc1ccc(C(=O)NCc2cccnc2)cn1. The molecule has 2 heterocycles. The van der Waals surface area contributed by atoms with Crippen molar-refractivity contribution in [3.05, 3.63) is 54.0 Å². The van der Waals surface area contributed by atoms with Crippen LogP contribution < -0.4 is 10.1 Å². The van der Waals surface area contributed by atoms with Gasteiger partial charge in [-0.3, -0.25) is 9.78 Å². The summed E-state index contributed by atoms with van der Waals surface area (Å²) in [6.07, 6.45) is 6.02. The monoisotopic (exact) mass is 331 g/mol. The third-order valence-corrected chi connectivity index (χ3v) is 3.39. The van der Waals surface area contributed by atoms with E-state index in [2.05, 4.69) is 29.1 Å². The minimum atomic E-state index is -0.162. The Bertz CT molecular complexity index is 585. The average Bonchev–Trinajstić information content (AvgIpc) is 2.59. The van der Waals surface area contributed by atoms with Crippen molar-refractivity contribution >= 4 is 5.91 Å². The van der Waals surface area contributed by atoms with Crippen LogP contribution in [0.15, 0.2) is 42.9 Å². The fraction of sp³-hybridized carbons (Fsp3) is 0.421. The number of hydrogen-bond donors (Lipinski definition) is 1. The topological polar surface area (TPSA) is 64.1 Å². The molecule has 0 bridgehead atoms. The number of ether oxygens (including phenoxy) is 1. The summed E-state index contributed by atoms with van der Waals surface area (Å²) in [5, 5.41) is 2.83.